The summed E-state index contributed by atoms with van der Waals surface area (Å²) in [6.07, 6.45) is 5.28. The average molecular weight is 300 g/mol. The summed E-state index contributed by atoms with van der Waals surface area (Å²) in [5, 5.41) is 7.53. The minimum Gasteiger partial charge on any atom is -0.444 e. The molecular weight excluding hydrogens is 283 g/mol. The van der Waals surface area contributed by atoms with Crippen LogP contribution in [0.5, 0.6) is 0 Å². The van der Waals surface area contributed by atoms with E-state index in [1.54, 1.807) is 24.6 Å². The minimum absolute atomic E-state index is 0.245. The molecule has 1 N–H and O–H groups in total. The van der Waals surface area contributed by atoms with Gasteiger partial charge < -0.3 is 9.73 Å². The third-order valence-electron chi connectivity index (χ3n) is 3.28. The Morgan fingerprint density at radius 2 is 2.27 bits per heavy atom. The van der Waals surface area contributed by atoms with E-state index in [1.165, 1.54) is 12.1 Å². The van der Waals surface area contributed by atoms with E-state index in [-0.39, 0.29) is 11.9 Å². The molecule has 2 heterocycles. The summed E-state index contributed by atoms with van der Waals surface area (Å²) in [5.41, 5.74) is 1.42. The average Bonchev–Trinajstić information content (AvgIpc) is 3.16. The molecule has 6 heteroatoms. The van der Waals surface area contributed by atoms with Gasteiger partial charge in [0.2, 0.25) is 5.89 Å². The lowest BCUT2D eigenvalue weighted by molar-refractivity contribution is 0.448. The van der Waals surface area contributed by atoms with E-state index in [0.717, 1.165) is 12.2 Å². The van der Waals surface area contributed by atoms with Crippen LogP contribution in [0.15, 0.2) is 53.4 Å². The van der Waals surface area contributed by atoms with Crippen molar-refractivity contribution >= 4 is 0 Å². The van der Waals surface area contributed by atoms with E-state index in [4.69, 9.17) is 4.42 Å². The van der Waals surface area contributed by atoms with Gasteiger partial charge in [-0.1, -0.05) is 6.07 Å². The summed E-state index contributed by atoms with van der Waals surface area (Å²) in [7, 11) is 0. The van der Waals surface area contributed by atoms with Crippen LogP contribution in [0.4, 0.5) is 4.39 Å². The molecule has 0 aliphatic heterocycles. The number of rotatable bonds is 6. The molecule has 1 unspecified atom stereocenters. The monoisotopic (exact) mass is 300 g/mol. The Kier molecular flexibility index (Phi) is 4.29. The van der Waals surface area contributed by atoms with Gasteiger partial charge in [0.15, 0.2) is 0 Å². The number of benzene rings is 1. The molecule has 0 saturated carbocycles. The lowest BCUT2D eigenvalue weighted by Gasteiger charge is -2.12. The third kappa shape index (κ3) is 3.59. The van der Waals surface area contributed by atoms with Crippen LogP contribution in [-0.4, -0.2) is 20.8 Å². The standard InChI is InChI=1S/C16H17FN4O/c1-12(10-21-7-3-6-19-21)18-9-15-11-22-16(20-15)13-4-2-5-14(17)8-13/h2-8,11-12,18H,9-10H2,1H3. The smallest absolute Gasteiger partial charge is 0.226 e. The van der Waals surface area contributed by atoms with Gasteiger partial charge in [0, 0.05) is 30.5 Å². The fourth-order valence-corrected chi connectivity index (χ4v) is 2.17. The molecule has 0 bridgehead atoms. The molecule has 0 spiro atoms. The maximum Gasteiger partial charge on any atom is 0.226 e. The predicted molar refractivity (Wildman–Crippen MR) is 80.4 cm³/mol. The minimum atomic E-state index is -0.303. The predicted octanol–water partition coefficient (Wildman–Crippen LogP) is 2.86. The van der Waals surface area contributed by atoms with E-state index in [9.17, 15) is 4.39 Å². The highest BCUT2D eigenvalue weighted by atomic mass is 19.1. The van der Waals surface area contributed by atoms with Gasteiger partial charge in [-0.3, -0.25) is 4.68 Å². The number of halogens is 1. The number of hydrogen-bond donors (Lipinski definition) is 1. The second-order valence-corrected chi connectivity index (χ2v) is 5.16. The van der Waals surface area contributed by atoms with Crippen molar-refractivity contribution in [2.75, 3.05) is 0 Å². The number of oxazole rings is 1. The largest absolute Gasteiger partial charge is 0.444 e. The van der Waals surface area contributed by atoms with Crippen molar-refractivity contribution in [2.45, 2.75) is 26.1 Å². The molecule has 114 valence electrons. The van der Waals surface area contributed by atoms with Gasteiger partial charge in [0.05, 0.1) is 12.2 Å². The van der Waals surface area contributed by atoms with E-state index in [2.05, 4.69) is 22.3 Å². The summed E-state index contributed by atoms with van der Waals surface area (Å²) in [6, 6.07) is 8.35. The van der Waals surface area contributed by atoms with Crippen molar-refractivity contribution in [2.24, 2.45) is 0 Å². The first-order valence-electron chi connectivity index (χ1n) is 7.12. The fraction of sp³-hybridized carbons (Fsp3) is 0.250. The summed E-state index contributed by atoms with van der Waals surface area (Å²) in [6.45, 7) is 3.44. The van der Waals surface area contributed by atoms with Crippen molar-refractivity contribution in [3.8, 4) is 11.5 Å². The number of hydrogen-bond acceptors (Lipinski definition) is 4. The van der Waals surface area contributed by atoms with Crippen molar-refractivity contribution in [3.05, 3.63) is 60.5 Å². The van der Waals surface area contributed by atoms with E-state index < -0.39 is 0 Å². The first-order chi connectivity index (χ1) is 10.7. The first-order valence-corrected chi connectivity index (χ1v) is 7.12. The number of nitrogens with one attached hydrogen (secondary N) is 1. The molecule has 1 atom stereocenters. The Morgan fingerprint density at radius 3 is 3.05 bits per heavy atom. The lowest BCUT2D eigenvalue weighted by Crippen LogP contribution is -2.30. The number of nitrogens with zero attached hydrogens (tertiary/aromatic N) is 3. The molecule has 3 rings (SSSR count). The van der Waals surface area contributed by atoms with Gasteiger partial charge in [-0.05, 0) is 31.2 Å². The molecule has 0 saturated heterocycles. The van der Waals surface area contributed by atoms with Crippen LogP contribution in [0.25, 0.3) is 11.5 Å². The van der Waals surface area contributed by atoms with Gasteiger partial charge >= 0.3 is 0 Å². The summed E-state index contributed by atoms with van der Waals surface area (Å²) in [5.74, 6) is 0.124. The van der Waals surface area contributed by atoms with Gasteiger partial charge in [0.1, 0.15) is 12.1 Å². The van der Waals surface area contributed by atoms with Gasteiger partial charge in [-0.25, -0.2) is 9.37 Å². The quantitative estimate of drug-likeness (QED) is 0.760. The van der Waals surface area contributed by atoms with Gasteiger partial charge in [-0.2, -0.15) is 5.10 Å². The van der Waals surface area contributed by atoms with E-state index >= 15 is 0 Å². The summed E-state index contributed by atoms with van der Waals surface area (Å²) < 4.78 is 20.5. The van der Waals surface area contributed by atoms with Crippen LogP contribution in [-0.2, 0) is 13.1 Å². The van der Waals surface area contributed by atoms with Crippen LogP contribution in [0.1, 0.15) is 12.6 Å². The maximum absolute atomic E-state index is 13.2. The second-order valence-electron chi connectivity index (χ2n) is 5.16. The lowest BCUT2D eigenvalue weighted by atomic mass is 10.2. The van der Waals surface area contributed by atoms with E-state index in [1.807, 2.05) is 16.9 Å². The molecule has 0 radical (unpaired) electrons. The van der Waals surface area contributed by atoms with Crippen molar-refractivity contribution in [1.82, 2.24) is 20.1 Å². The Bertz CT molecular complexity index is 723. The van der Waals surface area contributed by atoms with Crippen LogP contribution in [0, 0.1) is 5.82 Å². The topological polar surface area (TPSA) is 55.9 Å². The summed E-state index contributed by atoms with van der Waals surface area (Å²) in [4.78, 5) is 4.37. The molecule has 22 heavy (non-hydrogen) atoms. The molecule has 3 aromatic rings. The Morgan fingerprint density at radius 1 is 1.36 bits per heavy atom. The van der Waals surface area contributed by atoms with Crippen LogP contribution < -0.4 is 5.32 Å². The zero-order valence-electron chi connectivity index (χ0n) is 12.2. The highest BCUT2D eigenvalue weighted by molar-refractivity contribution is 5.52. The van der Waals surface area contributed by atoms with Gasteiger partial charge in [-0.15, -0.1) is 0 Å². The fourth-order valence-electron chi connectivity index (χ4n) is 2.17. The Labute approximate surface area is 127 Å². The second kappa shape index (κ2) is 6.53. The molecule has 0 aliphatic rings. The Balaban J connectivity index is 1.58. The highest BCUT2D eigenvalue weighted by Crippen LogP contribution is 2.19. The molecule has 2 aromatic heterocycles. The Hall–Kier alpha value is -2.47. The van der Waals surface area contributed by atoms with E-state index in [0.29, 0.717) is 18.0 Å². The third-order valence-corrected chi connectivity index (χ3v) is 3.28. The molecule has 0 fully saturated rings. The van der Waals surface area contributed by atoms with Crippen molar-refractivity contribution < 1.29 is 8.81 Å². The number of aromatic nitrogens is 3. The van der Waals surface area contributed by atoms with Crippen LogP contribution in [0.3, 0.4) is 0 Å². The maximum atomic E-state index is 13.2. The normalized spacial score (nSPS) is 12.5. The molecule has 1 aromatic carbocycles. The molecule has 5 nitrogen and oxygen atoms in total. The summed E-state index contributed by atoms with van der Waals surface area (Å²) >= 11 is 0. The van der Waals surface area contributed by atoms with Crippen LogP contribution in [0.2, 0.25) is 0 Å². The van der Waals surface area contributed by atoms with Gasteiger partial charge in [0.25, 0.3) is 0 Å². The SMILES string of the molecule is CC(Cn1cccn1)NCc1coc(-c2cccc(F)c2)n1. The zero-order chi connectivity index (χ0) is 15.4. The first kappa shape index (κ1) is 14.5. The zero-order valence-corrected chi connectivity index (χ0v) is 12.2. The van der Waals surface area contributed by atoms with Crippen molar-refractivity contribution in [3.63, 3.8) is 0 Å². The van der Waals surface area contributed by atoms with Crippen molar-refractivity contribution in [1.29, 1.82) is 0 Å². The highest BCUT2D eigenvalue weighted by Gasteiger charge is 2.09. The molecular formula is C16H17FN4O. The molecule has 0 amide bonds. The molecule has 0 aliphatic carbocycles. The van der Waals surface area contributed by atoms with Crippen LogP contribution >= 0.6 is 0 Å².